The normalized spacial score (nSPS) is 42.7. The Morgan fingerprint density at radius 1 is 0.697 bits per heavy atom. The van der Waals surface area contributed by atoms with Crippen molar-refractivity contribution in [2.75, 3.05) is 0 Å². The number of aliphatic hydroxyl groups is 10. The molecule has 0 aromatic heterocycles. The summed E-state index contributed by atoms with van der Waals surface area (Å²) in [5, 5.41) is 118. The Morgan fingerprint density at radius 3 is 1.83 bits per heavy atom. The molecule has 20 atom stereocenters. The molecule has 13 N–H and O–H groups in total. The average molecular weight is 942 g/mol. The molecular weight excluding hydrogens is 870 g/mol. The molecule has 0 aromatic carbocycles. The number of ether oxygens (including phenoxy) is 4. The standard InChI is InChI=1S/C47H72FNO17/c1-26-17-15-13-11-9-7-5-6-8-10-12-14-16-18-33(65-46-43(59)39(49)41(57)29(4)64-46)24-36-38(45(60)61)42(58)44(48)47(62,66-36)25-32(52)22-35(54)34(53)20-19-30(50)21-31(51)23-37(55)63-28(3)27(2)40(26)56/h5-18,26-36,38-44,46,50-54,56-59,62H,19-25,49H2,1-4H3,(H,60,61)/t26-,27-,28-,29+,30+,31+,32-,33-,34+,35+,36-,38+,39-,40+,41+,42+,43-,44-,46-,47+/m0/s1. The highest BCUT2D eigenvalue weighted by Crippen LogP contribution is 2.40. The minimum absolute atomic E-state index is 0.170. The summed E-state index contributed by atoms with van der Waals surface area (Å²) in [6.07, 6.45) is -2.09. The van der Waals surface area contributed by atoms with Gasteiger partial charge in [0.1, 0.15) is 24.2 Å². The van der Waals surface area contributed by atoms with Gasteiger partial charge in [0.15, 0.2) is 12.5 Å². The van der Waals surface area contributed by atoms with Crippen molar-refractivity contribution in [2.45, 2.75) is 176 Å². The molecule has 2 bridgehead atoms. The lowest BCUT2D eigenvalue weighted by Gasteiger charge is -2.47. The van der Waals surface area contributed by atoms with Crippen LogP contribution in [0.5, 0.6) is 0 Å². The molecule has 18 nitrogen and oxygen atoms in total. The molecule has 0 saturated carbocycles. The van der Waals surface area contributed by atoms with Gasteiger partial charge in [-0.2, -0.15) is 0 Å². The zero-order valence-corrected chi connectivity index (χ0v) is 37.8. The summed E-state index contributed by atoms with van der Waals surface area (Å²) < 4.78 is 38.5. The number of nitrogens with two attached hydrogens (primary N) is 1. The Labute approximate surface area is 385 Å². The van der Waals surface area contributed by atoms with Crippen LogP contribution in [0.1, 0.15) is 72.6 Å². The Kier molecular flexibility index (Phi) is 23.7. The molecule has 19 heteroatoms. The first-order valence-corrected chi connectivity index (χ1v) is 22.4. The second-order valence-electron chi connectivity index (χ2n) is 17.6. The van der Waals surface area contributed by atoms with Gasteiger partial charge in [-0.15, -0.1) is 0 Å². The monoisotopic (exact) mass is 941 g/mol. The number of fused-ring (bicyclic) bond motifs is 2. The van der Waals surface area contributed by atoms with E-state index in [1.165, 1.54) is 19.1 Å². The van der Waals surface area contributed by atoms with E-state index >= 15 is 4.39 Å². The molecule has 66 heavy (non-hydrogen) atoms. The third kappa shape index (κ3) is 17.5. The van der Waals surface area contributed by atoms with Gasteiger partial charge in [-0.3, -0.25) is 9.59 Å². The first-order chi connectivity index (χ1) is 31.1. The van der Waals surface area contributed by atoms with Gasteiger partial charge in [0.05, 0.1) is 73.5 Å². The van der Waals surface area contributed by atoms with Gasteiger partial charge in [0.25, 0.3) is 0 Å². The molecule has 2 saturated heterocycles. The topological polar surface area (TPSA) is 320 Å². The third-order valence-electron chi connectivity index (χ3n) is 12.1. The Balaban J connectivity index is 1.89. The molecule has 0 radical (unpaired) electrons. The van der Waals surface area contributed by atoms with E-state index < -0.39 is 153 Å². The van der Waals surface area contributed by atoms with E-state index in [2.05, 4.69) is 0 Å². The predicted molar refractivity (Wildman–Crippen MR) is 237 cm³/mol. The van der Waals surface area contributed by atoms with Gasteiger partial charge < -0.3 is 80.9 Å². The number of carbonyl (C=O) groups excluding carboxylic acids is 1. The number of alkyl halides is 1. The molecule has 3 rings (SSSR count). The van der Waals surface area contributed by atoms with Gasteiger partial charge in [0, 0.05) is 31.1 Å². The second kappa shape index (κ2) is 27.5. The van der Waals surface area contributed by atoms with Gasteiger partial charge in [-0.05, 0) is 33.1 Å². The van der Waals surface area contributed by atoms with Crippen LogP contribution >= 0.6 is 0 Å². The molecule has 3 aliphatic heterocycles. The van der Waals surface area contributed by atoms with Gasteiger partial charge >= 0.3 is 11.9 Å². The maximum absolute atomic E-state index is 15.8. The highest BCUT2D eigenvalue weighted by molar-refractivity contribution is 5.72. The van der Waals surface area contributed by atoms with Crippen LogP contribution in [0.25, 0.3) is 0 Å². The lowest BCUT2D eigenvalue weighted by molar-refractivity contribution is -0.334. The van der Waals surface area contributed by atoms with Crippen LogP contribution in [-0.2, 0) is 28.5 Å². The first-order valence-electron chi connectivity index (χ1n) is 22.4. The Bertz CT molecular complexity index is 1710. The minimum atomic E-state index is -3.03. The molecule has 374 valence electrons. The van der Waals surface area contributed by atoms with Crippen LogP contribution < -0.4 is 5.73 Å². The average Bonchev–Trinajstić information content (AvgIpc) is 3.24. The van der Waals surface area contributed by atoms with Crippen molar-refractivity contribution in [3.05, 3.63) is 85.1 Å². The minimum Gasteiger partial charge on any atom is -0.481 e. The summed E-state index contributed by atoms with van der Waals surface area (Å²) in [4.78, 5) is 25.1. The summed E-state index contributed by atoms with van der Waals surface area (Å²) in [6.45, 7) is 6.65. The molecule has 3 aliphatic rings. The van der Waals surface area contributed by atoms with E-state index in [1.54, 1.807) is 86.8 Å². The number of aliphatic carboxylic acids is 1. The van der Waals surface area contributed by atoms with Crippen LogP contribution in [0.3, 0.4) is 0 Å². The number of hydrogen-bond acceptors (Lipinski definition) is 17. The maximum atomic E-state index is 15.8. The van der Waals surface area contributed by atoms with E-state index in [1.807, 2.05) is 6.92 Å². The fraction of sp³-hybridized carbons (Fsp3) is 0.660. The van der Waals surface area contributed by atoms with E-state index in [4.69, 9.17) is 24.7 Å². The zero-order chi connectivity index (χ0) is 49.3. The van der Waals surface area contributed by atoms with E-state index in [0.29, 0.717) is 0 Å². The number of allylic oxidation sites excluding steroid dienone is 12. The van der Waals surface area contributed by atoms with E-state index in [0.717, 1.165) is 0 Å². The summed E-state index contributed by atoms with van der Waals surface area (Å²) >= 11 is 0. The largest absolute Gasteiger partial charge is 0.481 e. The van der Waals surface area contributed by atoms with Crippen LogP contribution in [-0.4, -0.2) is 172 Å². The van der Waals surface area contributed by atoms with Crippen molar-refractivity contribution in [1.29, 1.82) is 0 Å². The van der Waals surface area contributed by atoms with Gasteiger partial charge in [-0.25, -0.2) is 4.39 Å². The van der Waals surface area contributed by atoms with Crippen molar-refractivity contribution in [3.8, 4) is 0 Å². The smallest absolute Gasteiger partial charge is 0.311 e. The quantitative estimate of drug-likeness (QED) is 0.173. The molecular formula is C47H72FNO17. The fourth-order valence-corrected chi connectivity index (χ4v) is 7.91. The maximum Gasteiger partial charge on any atom is 0.311 e. The number of carboxylic acid groups (broad SMARTS) is 1. The lowest BCUT2D eigenvalue weighted by Crippen LogP contribution is -2.64. The summed E-state index contributed by atoms with van der Waals surface area (Å²) in [5.74, 6) is -8.24. The molecule has 3 heterocycles. The number of hydrogen-bond donors (Lipinski definition) is 12. The van der Waals surface area contributed by atoms with Crippen LogP contribution in [0, 0.1) is 17.8 Å². The highest BCUT2D eigenvalue weighted by atomic mass is 19.1. The van der Waals surface area contributed by atoms with Crippen LogP contribution in [0.15, 0.2) is 85.1 Å². The molecule has 0 unspecified atom stereocenters. The molecule has 0 aliphatic carbocycles. The number of esters is 1. The first kappa shape index (κ1) is 56.8. The van der Waals surface area contributed by atoms with Gasteiger partial charge in [0.2, 0.25) is 5.79 Å². The number of rotatable bonds is 3. The molecule has 2 fully saturated rings. The third-order valence-corrected chi connectivity index (χ3v) is 12.1. The zero-order valence-electron chi connectivity index (χ0n) is 37.8. The second-order valence-corrected chi connectivity index (χ2v) is 17.6. The summed E-state index contributed by atoms with van der Waals surface area (Å²) in [7, 11) is 0. The van der Waals surface area contributed by atoms with Crippen molar-refractivity contribution in [2.24, 2.45) is 23.5 Å². The Morgan fingerprint density at radius 2 is 1.26 bits per heavy atom. The SMILES string of the molecule is C[C@@H]1[C@H](O)[C@@H](C)C=CC=CC=CC=CC=CC=CC=C[C@H](O[C@@H]2O[C@H](C)[C@@H](O)[C@H](N)[C@@H]2O)C[C@@H]2O[C@](O)(C[C@@H](O)C[C@@H](O)[C@H](O)CC[C@@H](O)C[C@@H](O)CC(=O)O[C@H]1C)[C@@H](F)[C@H](O)[C@@H]2C(=O)O. The highest BCUT2D eigenvalue weighted by Gasteiger charge is 2.57. The summed E-state index contributed by atoms with van der Waals surface area (Å²) in [6, 6.07) is -1.20. The number of halogens is 1. The van der Waals surface area contributed by atoms with Gasteiger partial charge in [-0.1, -0.05) is 98.9 Å². The van der Waals surface area contributed by atoms with Crippen molar-refractivity contribution in [3.63, 3.8) is 0 Å². The lowest BCUT2D eigenvalue weighted by atomic mass is 9.81. The number of aliphatic hydroxyl groups excluding tert-OH is 9. The van der Waals surface area contributed by atoms with Crippen LogP contribution in [0.4, 0.5) is 4.39 Å². The number of carboxylic acids is 1. The van der Waals surface area contributed by atoms with Crippen molar-refractivity contribution >= 4 is 11.9 Å². The van der Waals surface area contributed by atoms with E-state index in [-0.39, 0.29) is 25.2 Å². The van der Waals surface area contributed by atoms with Crippen molar-refractivity contribution in [1.82, 2.24) is 0 Å². The number of cyclic esters (lactones) is 1. The molecule has 0 amide bonds. The summed E-state index contributed by atoms with van der Waals surface area (Å²) in [5.41, 5.74) is 5.99. The van der Waals surface area contributed by atoms with E-state index in [9.17, 15) is 65.8 Å². The number of carbonyl (C=O) groups is 2. The predicted octanol–water partition coefficient (Wildman–Crippen LogP) is 0.660. The van der Waals surface area contributed by atoms with Crippen molar-refractivity contribution < 1.29 is 89.1 Å². The molecule has 0 aromatic rings. The fourth-order valence-electron chi connectivity index (χ4n) is 7.91. The Hall–Kier alpha value is -3.51. The van der Waals surface area contributed by atoms with Crippen LogP contribution in [0.2, 0.25) is 0 Å². The molecule has 0 spiro atoms.